The molecular weight excluding hydrogens is 194 g/mol. The Bertz CT molecular complexity index is 423. The average Bonchev–Trinajstić information content (AvgIpc) is 2.16. The fourth-order valence-electron chi connectivity index (χ4n) is 1.09. The van der Waals surface area contributed by atoms with Gasteiger partial charge in [0.1, 0.15) is 11.9 Å². The maximum absolute atomic E-state index is 10.6. The van der Waals surface area contributed by atoms with Gasteiger partial charge in [0.05, 0.1) is 11.6 Å². The van der Waals surface area contributed by atoms with E-state index in [-0.39, 0.29) is 0 Å². The molecule has 0 spiro atoms. The molecule has 1 atom stereocenters. The molecule has 0 aromatic carbocycles. The highest BCUT2D eigenvalue weighted by Crippen LogP contribution is 2.10. The van der Waals surface area contributed by atoms with E-state index < -0.39 is 12.0 Å². The van der Waals surface area contributed by atoms with Crippen molar-refractivity contribution in [1.82, 2.24) is 4.98 Å². The van der Waals surface area contributed by atoms with E-state index in [1.807, 2.05) is 6.07 Å². The van der Waals surface area contributed by atoms with Crippen molar-refractivity contribution in [1.29, 1.82) is 5.26 Å². The number of carboxylic acid groups (broad SMARTS) is 1. The summed E-state index contributed by atoms with van der Waals surface area (Å²) >= 11 is 0. The zero-order chi connectivity index (χ0) is 11.4. The first-order valence-electron chi connectivity index (χ1n) is 4.41. The van der Waals surface area contributed by atoms with Crippen LogP contribution in [0, 0.1) is 18.3 Å². The lowest BCUT2D eigenvalue weighted by Crippen LogP contribution is -2.26. The number of rotatable bonds is 3. The summed E-state index contributed by atoms with van der Waals surface area (Å²) in [6, 6.07) is 4.41. The molecule has 0 saturated carbocycles. The normalized spacial score (nSPS) is 11.5. The maximum atomic E-state index is 10.6. The summed E-state index contributed by atoms with van der Waals surface area (Å²) in [5.74, 6) is -0.557. The van der Waals surface area contributed by atoms with Gasteiger partial charge in [-0.05, 0) is 26.0 Å². The van der Waals surface area contributed by atoms with E-state index in [2.05, 4.69) is 10.3 Å². The van der Waals surface area contributed by atoms with Crippen LogP contribution in [0.5, 0.6) is 0 Å². The van der Waals surface area contributed by atoms with Gasteiger partial charge in [-0.15, -0.1) is 0 Å². The first-order chi connectivity index (χ1) is 7.02. The third-order valence-electron chi connectivity index (χ3n) is 1.82. The molecule has 15 heavy (non-hydrogen) atoms. The number of nitrogens with zero attached hydrogens (tertiary/aromatic N) is 2. The van der Waals surface area contributed by atoms with Crippen LogP contribution < -0.4 is 5.32 Å². The Hall–Kier alpha value is -2.09. The van der Waals surface area contributed by atoms with Crippen molar-refractivity contribution < 1.29 is 9.90 Å². The maximum Gasteiger partial charge on any atom is 0.325 e. The number of aryl methyl sites for hydroxylation is 1. The SMILES string of the molecule is Cc1cc(C#N)cc(N[C@H](C)C(=O)O)n1. The van der Waals surface area contributed by atoms with Gasteiger partial charge in [0.2, 0.25) is 0 Å². The molecule has 1 aromatic rings. The highest BCUT2D eigenvalue weighted by Gasteiger charge is 2.11. The number of pyridine rings is 1. The molecule has 1 rings (SSSR count). The van der Waals surface area contributed by atoms with E-state index in [0.717, 1.165) is 0 Å². The molecule has 0 radical (unpaired) electrons. The van der Waals surface area contributed by atoms with Gasteiger partial charge in [-0.3, -0.25) is 4.79 Å². The smallest absolute Gasteiger partial charge is 0.325 e. The number of aliphatic carboxylic acids is 1. The Labute approximate surface area is 87.4 Å². The van der Waals surface area contributed by atoms with E-state index in [0.29, 0.717) is 17.1 Å². The molecule has 0 saturated heterocycles. The molecule has 5 nitrogen and oxygen atoms in total. The standard InChI is InChI=1S/C10H11N3O2/c1-6-3-8(5-11)4-9(12-6)13-7(2)10(14)15/h3-4,7H,1-2H3,(H,12,13)(H,14,15)/t7-/m1/s1. The number of anilines is 1. The molecule has 0 unspecified atom stereocenters. The van der Waals surface area contributed by atoms with Gasteiger partial charge >= 0.3 is 5.97 Å². The molecule has 1 heterocycles. The van der Waals surface area contributed by atoms with Gasteiger partial charge < -0.3 is 10.4 Å². The Kier molecular flexibility index (Phi) is 3.24. The van der Waals surface area contributed by atoms with Crippen LogP contribution in [-0.4, -0.2) is 22.1 Å². The van der Waals surface area contributed by atoms with Gasteiger partial charge in [0.15, 0.2) is 0 Å². The van der Waals surface area contributed by atoms with Crippen LogP contribution in [0.4, 0.5) is 5.82 Å². The van der Waals surface area contributed by atoms with Gasteiger partial charge in [-0.1, -0.05) is 0 Å². The van der Waals surface area contributed by atoms with E-state index in [9.17, 15) is 4.79 Å². The number of carboxylic acids is 1. The minimum Gasteiger partial charge on any atom is -0.480 e. The van der Waals surface area contributed by atoms with E-state index in [1.165, 1.54) is 13.0 Å². The summed E-state index contributed by atoms with van der Waals surface area (Å²) in [7, 11) is 0. The van der Waals surface area contributed by atoms with Crippen molar-refractivity contribution in [2.24, 2.45) is 0 Å². The third kappa shape index (κ3) is 2.95. The first kappa shape index (κ1) is 11.0. The Morgan fingerprint density at radius 1 is 1.67 bits per heavy atom. The third-order valence-corrected chi connectivity index (χ3v) is 1.82. The van der Waals surface area contributed by atoms with Crippen LogP contribution in [-0.2, 0) is 4.79 Å². The number of nitriles is 1. The summed E-state index contributed by atoms with van der Waals surface area (Å²) < 4.78 is 0. The van der Waals surface area contributed by atoms with Crippen LogP contribution in [0.25, 0.3) is 0 Å². The number of hydrogen-bond donors (Lipinski definition) is 2. The second kappa shape index (κ2) is 4.42. The number of nitrogens with one attached hydrogen (secondary N) is 1. The first-order valence-corrected chi connectivity index (χ1v) is 4.41. The average molecular weight is 205 g/mol. The summed E-state index contributed by atoms with van der Waals surface area (Å²) in [6.07, 6.45) is 0. The predicted molar refractivity (Wildman–Crippen MR) is 54.4 cm³/mol. The van der Waals surface area contributed by atoms with Crippen molar-refractivity contribution in [3.8, 4) is 6.07 Å². The largest absolute Gasteiger partial charge is 0.480 e. The molecule has 5 heteroatoms. The van der Waals surface area contributed by atoms with E-state index >= 15 is 0 Å². The Morgan fingerprint density at radius 2 is 2.33 bits per heavy atom. The monoisotopic (exact) mass is 205 g/mol. The molecule has 0 fully saturated rings. The van der Waals surface area contributed by atoms with Gasteiger partial charge in [-0.25, -0.2) is 4.98 Å². The van der Waals surface area contributed by atoms with Crippen LogP contribution in [0.15, 0.2) is 12.1 Å². The quantitative estimate of drug-likeness (QED) is 0.772. The van der Waals surface area contributed by atoms with Crippen molar-refractivity contribution in [2.45, 2.75) is 19.9 Å². The second-order valence-electron chi connectivity index (χ2n) is 3.20. The van der Waals surface area contributed by atoms with E-state index in [4.69, 9.17) is 10.4 Å². The van der Waals surface area contributed by atoms with Crippen molar-refractivity contribution >= 4 is 11.8 Å². The van der Waals surface area contributed by atoms with Crippen LogP contribution in [0.1, 0.15) is 18.2 Å². The number of aromatic nitrogens is 1. The van der Waals surface area contributed by atoms with Gasteiger partial charge in [0.25, 0.3) is 0 Å². The number of carbonyl (C=O) groups is 1. The zero-order valence-electron chi connectivity index (χ0n) is 8.48. The van der Waals surface area contributed by atoms with Gasteiger partial charge in [-0.2, -0.15) is 5.26 Å². The van der Waals surface area contributed by atoms with Gasteiger partial charge in [0, 0.05) is 5.69 Å². The molecule has 1 aromatic heterocycles. The van der Waals surface area contributed by atoms with Crippen LogP contribution >= 0.6 is 0 Å². The van der Waals surface area contributed by atoms with Crippen molar-refractivity contribution in [2.75, 3.05) is 5.32 Å². The molecule has 0 aliphatic rings. The number of hydrogen-bond acceptors (Lipinski definition) is 4. The zero-order valence-corrected chi connectivity index (χ0v) is 8.48. The molecule has 0 aliphatic carbocycles. The summed E-state index contributed by atoms with van der Waals surface area (Å²) in [5, 5.41) is 20.1. The molecular formula is C10H11N3O2. The van der Waals surface area contributed by atoms with Crippen LogP contribution in [0.2, 0.25) is 0 Å². The van der Waals surface area contributed by atoms with Crippen molar-refractivity contribution in [3.05, 3.63) is 23.4 Å². The van der Waals surface area contributed by atoms with E-state index in [1.54, 1.807) is 13.0 Å². The predicted octanol–water partition coefficient (Wildman–Crippen LogP) is 1.15. The summed E-state index contributed by atoms with van der Waals surface area (Å²) in [4.78, 5) is 14.7. The summed E-state index contributed by atoms with van der Waals surface area (Å²) in [6.45, 7) is 3.26. The minimum atomic E-state index is -0.961. The molecule has 78 valence electrons. The molecule has 0 aliphatic heterocycles. The topological polar surface area (TPSA) is 86.0 Å². The highest BCUT2D eigenvalue weighted by molar-refractivity contribution is 5.76. The Balaban J connectivity index is 2.91. The van der Waals surface area contributed by atoms with Crippen LogP contribution in [0.3, 0.4) is 0 Å². The lowest BCUT2D eigenvalue weighted by molar-refractivity contribution is -0.137. The fraction of sp³-hybridized carbons (Fsp3) is 0.300. The lowest BCUT2D eigenvalue weighted by Gasteiger charge is -2.10. The lowest BCUT2D eigenvalue weighted by atomic mass is 10.2. The Morgan fingerprint density at radius 3 is 2.87 bits per heavy atom. The fourth-order valence-corrected chi connectivity index (χ4v) is 1.09. The molecule has 0 amide bonds. The molecule has 2 N–H and O–H groups in total. The minimum absolute atomic E-state index is 0.404. The van der Waals surface area contributed by atoms with Crippen molar-refractivity contribution in [3.63, 3.8) is 0 Å². The molecule has 0 bridgehead atoms. The summed E-state index contributed by atoms with van der Waals surface area (Å²) in [5.41, 5.74) is 1.14. The highest BCUT2D eigenvalue weighted by atomic mass is 16.4. The second-order valence-corrected chi connectivity index (χ2v) is 3.20.